The van der Waals surface area contributed by atoms with Gasteiger partial charge in [-0.3, -0.25) is 0 Å². The smallest absolute Gasteiger partial charge is 0.0695 e. The molecule has 1 unspecified atom stereocenters. The maximum atomic E-state index is 5.66. The lowest BCUT2D eigenvalue weighted by atomic mass is 9.83. The number of hydrogen-bond donors (Lipinski definition) is 0. The zero-order valence-corrected chi connectivity index (χ0v) is 9.15. The Kier molecular flexibility index (Phi) is 4.66. The van der Waals surface area contributed by atoms with Gasteiger partial charge in [-0.15, -0.1) is 0 Å². The van der Waals surface area contributed by atoms with Crippen molar-refractivity contribution in [2.75, 3.05) is 0 Å². The SMILES string of the molecule is [B]C(C)CC/C=C(\C)C(C)(C)C. The molecule has 2 radical (unpaired) electrons. The van der Waals surface area contributed by atoms with Crippen LogP contribution in [0, 0.1) is 5.41 Å². The van der Waals surface area contributed by atoms with E-state index in [-0.39, 0.29) is 0 Å². The fraction of sp³-hybridized carbons (Fsp3) is 0.818. The molecular weight excluding hydrogens is 143 g/mol. The van der Waals surface area contributed by atoms with E-state index >= 15 is 0 Å². The van der Waals surface area contributed by atoms with Crippen molar-refractivity contribution in [2.24, 2.45) is 5.41 Å². The van der Waals surface area contributed by atoms with Crippen LogP contribution in [0.2, 0.25) is 5.82 Å². The quantitative estimate of drug-likeness (QED) is 0.440. The molecule has 0 aliphatic rings. The van der Waals surface area contributed by atoms with E-state index in [4.69, 9.17) is 7.85 Å². The van der Waals surface area contributed by atoms with Crippen molar-refractivity contribution in [1.82, 2.24) is 0 Å². The summed E-state index contributed by atoms with van der Waals surface area (Å²) < 4.78 is 0. The Hall–Kier alpha value is -0.195. The fourth-order valence-corrected chi connectivity index (χ4v) is 0.869. The molecule has 0 fully saturated rings. The van der Waals surface area contributed by atoms with Crippen LogP contribution in [0.3, 0.4) is 0 Å². The molecule has 0 aromatic heterocycles. The molecule has 1 heteroatoms. The molecule has 0 heterocycles. The maximum Gasteiger partial charge on any atom is 0.0695 e. The molecule has 1 atom stereocenters. The van der Waals surface area contributed by atoms with E-state index in [2.05, 4.69) is 40.7 Å². The number of rotatable bonds is 3. The predicted octanol–water partition coefficient (Wildman–Crippen LogP) is 3.74. The minimum atomic E-state index is 0.317. The molecule has 0 aromatic rings. The topological polar surface area (TPSA) is 0 Å². The van der Waals surface area contributed by atoms with Crippen LogP contribution in [-0.4, -0.2) is 7.85 Å². The van der Waals surface area contributed by atoms with Crippen LogP contribution in [0.15, 0.2) is 11.6 Å². The van der Waals surface area contributed by atoms with E-state index in [1.165, 1.54) is 5.57 Å². The van der Waals surface area contributed by atoms with Crippen molar-refractivity contribution in [3.8, 4) is 0 Å². The van der Waals surface area contributed by atoms with Gasteiger partial charge in [0.2, 0.25) is 0 Å². The lowest BCUT2D eigenvalue weighted by molar-refractivity contribution is 0.500. The van der Waals surface area contributed by atoms with Gasteiger partial charge < -0.3 is 0 Å². The van der Waals surface area contributed by atoms with Gasteiger partial charge in [-0.1, -0.05) is 51.6 Å². The van der Waals surface area contributed by atoms with Crippen LogP contribution in [-0.2, 0) is 0 Å². The van der Waals surface area contributed by atoms with Crippen LogP contribution < -0.4 is 0 Å². The molecule has 68 valence electrons. The minimum absolute atomic E-state index is 0.317. The second-order valence-corrected chi connectivity index (χ2v) is 4.69. The van der Waals surface area contributed by atoms with Crippen molar-refractivity contribution in [1.29, 1.82) is 0 Å². The van der Waals surface area contributed by atoms with Crippen LogP contribution in [0.1, 0.15) is 47.5 Å². The Labute approximate surface area is 78.9 Å². The zero-order valence-electron chi connectivity index (χ0n) is 9.15. The third-order valence-electron chi connectivity index (χ3n) is 2.26. The first-order valence-electron chi connectivity index (χ1n) is 4.77. The Morgan fingerprint density at radius 2 is 1.92 bits per heavy atom. The summed E-state index contributed by atoms with van der Waals surface area (Å²) in [7, 11) is 5.66. The average molecular weight is 164 g/mol. The largest absolute Gasteiger partial charge is 0.0851 e. The first-order valence-corrected chi connectivity index (χ1v) is 4.77. The summed E-state index contributed by atoms with van der Waals surface area (Å²) in [4.78, 5) is 0. The molecule has 0 nitrogen and oxygen atoms in total. The lowest BCUT2D eigenvalue weighted by Crippen LogP contribution is -2.06. The van der Waals surface area contributed by atoms with Crippen molar-refractivity contribution < 1.29 is 0 Å². The van der Waals surface area contributed by atoms with E-state index in [1.54, 1.807) is 0 Å². The van der Waals surface area contributed by atoms with Crippen LogP contribution in [0.5, 0.6) is 0 Å². The highest BCUT2D eigenvalue weighted by Gasteiger charge is 2.11. The standard InChI is InChI=1S/C11H21B/c1-9(11(3,4)5)7-6-8-10(2)12/h7,10H,6,8H2,1-5H3/b9-7+. The van der Waals surface area contributed by atoms with E-state index in [0.29, 0.717) is 11.2 Å². The van der Waals surface area contributed by atoms with Gasteiger partial charge in [-0.25, -0.2) is 0 Å². The minimum Gasteiger partial charge on any atom is -0.0851 e. The summed E-state index contributed by atoms with van der Waals surface area (Å²) in [6.07, 6.45) is 4.51. The molecule has 0 saturated carbocycles. The van der Waals surface area contributed by atoms with Gasteiger partial charge in [0.1, 0.15) is 0 Å². The Bertz CT molecular complexity index is 149. The van der Waals surface area contributed by atoms with Gasteiger partial charge in [0.25, 0.3) is 0 Å². The van der Waals surface area contributed by atoms with Crippen LogP contribution >= 0.6 is 0 Å². The highest BCUT2D eigenvalue weighted by molar-refractivity contribution is 6.11. The molecule has 0 bridgehead atoms. The third-order valence-corrected chi connectivity index (χ3v) is 2.26. The highest BCUT2D eigenvalue weighted by atomic mass is 14.2. The molecule has 12 heavy (non-hydrogen) atoms. The summed E-state index contributed by atoms with van der Waals surface area (Å²) >= 11 is 0. The summed E-state index contributed by atoms with van der Waals surface area (Å²) in [6.45, 7) is 11.0. The summed E-state index contributed by atoms with van der Waals surface area (Å²) in [6, 6.07) is 0. The van der Waals surface area contributed by atoms with E-state index < -0.39 is 0 Å². The molecule has 0 aliphatic carbocycles. The first-order chi connectivity index (χ1) is 5.34. The van der Waals surface area contributed by atoms with Gasteiger partial charge in [0, 0.05) is 0 Å². The molecule has 0 aromatic carbocycles. The number of allylic oxidation sites excluding steroid dienone is 2. The van der Waals surface area contributed by atoms with Crippen molar-refractivity contribution in [2.45, 2.75) is 53.3 Å². The third kappa shape index (κ3) is 5.45. The summed E-state index contributed by atoms with van der Waals surface area (Å²) in [5.74, 6) is 0.328. The van der Waals surface area contributed by atoms with Crippen molar-refractivity contribution in [3.63, 3.8) is 0 Å². The molecule has 0 rings (SSSR count). The normalized spacial score (nSPS) is 16.2. The molecule has 0 spiro atoms. The molecular formula is C11H21B. The van der Waals surface area contributed by atoms with Gasteiger partial charge in [-0.2, -0.15) is 0 Å². The van der Waals surface area contributed by atoms with E-state index in [1.807, 2.05) is 0 Å². The predicted molar refractivity (Wildman–Crippen MR) is 57.6 cm³/mol. The van der Waals surface area contributed by atoms with E-state index in [0.717, 1.165) is 12.8 Å². The number of hydrogen-bond acceptors (Lipinski definition) is 0. The summed E-state index contributed by atoms with van der Waals surface area (Å²) in [5, 5.41) is 0. The van der Waals surface area contributed by atoms with Crippen molar-refractivity contribution in [3.05, 3.63) is 11.6 Å². The molecule has 0 aliphatic heterocycles. The fourth-order valence-electron chi connectivity index (χ4n) is 0.869. The Morgan fingerprint density at radius 3 is 2.25 bits per heavy atom. The summed E-state index contributed by atoms with van der Waals surface area (Å²) in [5.41, 5.74) is 1.78. The van der Waals surface area contributed by atoms with E-state index in [9.17, 15) is 0 Å². The van der Waals surface area contributed by atoms with Crippen LogP contribution in [0.25, 0.3) is 0 Å². The van der Waals surface area contributed by atoms with Gasteiger partial charge in [0.15, 0.2) is 0 Å². The van der Waals surface area contributed by atoms with Crippen molar-refractivity contribution >= 4 is 7.85 Å². The maximum absolute atomic E-state index is 5.66. The van der Waals surface area contributed by atoms with Gasteiger partial charge >= 0.3 is 0 Å². The lowest BCUT2D eigenvalue weighted by Gasteiger charge is -2.19. The second-order valence-electron chi connectivity index (χ2n) is 4.69. The monoisotopic (exact) mass is 164 g/mol. The van der Waals surface area contributed by atoms with Gasteiger partial charge in [-0.05, 0) is 18.8 Å². The Balaban J connectivity index is 3.86. The second kappa shape index (κ2) is 4.74. The highest BCUT2D eigenvalue weighted by Crippen LogP contribution is 2.25. The molecule has 0 amide bonds. The molecule has 0 N–H and O–H groups in total. The van der Waals surface area contributed by atoms with Crippen LogP contribution in [0.4, 0.5) is 0 Å². The average Bonchev–Trinajstić information content (AvgIpc) is 1.84. The van der Waals surface area contributed by atoms with Gasteiger partial charge in [0.05, 0.1) is 7.85 Å². The zero-order chi connectivity index (χ0) is 9.78. The molecule has 0 saturated heterocycles. The first kappa shape index (κ1) is 11.8. The Morgan fingerprint density at radius 1 is 1.42 bits per heavy atom.